The molecule has 1 atom stereocenters. The van der Waals surface area contributed by atoms with E-state index in [2.05, 4.69) is 4.90 Å². The first-order valence-corrected chi connectivity index (χ1v) is 10.1. The summed E-state index contributed by atoms with van der Waals surface area (Å²) in [5, 5.41) is 0.585. The van der Waals surface area contributed by atoms with Gasteiger partial charge in [-0.1, -0.05) is 11.6 Å². The fourth-order valence-corrected chi connectivity index (χ4v) is 4.34. The van der Waals surface area contributed by atoms with Crippen molar-refractivity contribution in [2.75, 3.05) is 13.6 Å². The third-order valence-corrected chi connectivity index (χ3v) is 5.96. The summed E-state index contributed by atoms with van der Waals surface area (Å²) in [5.41, 5.74) is 3.37. The zero-order valence-corrected chi connectivity index (χ0v) is 15.5. The van der Waals surface area contributed by atoms with Gasteiger partial charge in [0.2, 0.25) is 0 Å². The van der Waals surface area contributed by atoms with Gasteiger partial charge in [-0.25, -0.2) is 12.8 Å². The normalized spacial score (nSPS) is 18.5. The summed E-state index contributed by atoms with van der Waals surface area (Å²) in [5.74, 6) is -0.766. The van der Waals surface area contributed by atoms with E-state index < -0.39 is 14.9 Å². The number of rotatable bonds is 2. The molecule has 7 heteroatoms. The van der Waals surface area contributed by atoms with Crippen LogP contribution in [0.25, 0.3) is 0 Å². The Balaban J connectivity index is 2.21. The van der Waals surface area contributed by atoms with Crippen LogP contribution < -0.4 is 0 Å². The standard InChI is InChI=1S/C17H16Cl2FNO2S/c1-10-5-11(18)6-13-15(10)8-21(2)9-16(13)14-7-12(24(19,22)23)3-4-17(14)20/h3-7,16H,8-9H2,1-2H3. The van der Waals surface area contributed by atoms with Gasteiger partial charge >= 0.3 is 0 Å². The fourth-order valence-electron chi connectivity index (χ4n) is 3.28. The highest BCUT2D eigenvalue weighted by atomic mass is 35.7. The van der Waals surface area contributed by atoms with Crippen molar-refractivity contribution in [1.29, 1.82) is 0 Å². The average molecular weight is 388 g/mol. The third kappa shape index (κ3) is 3.31. The lowest BCUT2D eigenvalue weighted by atomic mass is 9.83. The Labute approximate surface area is 150 Å². The third-order valence-electron chi connectivity index (χ3n) is 4.39. The van der Waals surface area contributed by atoms with Crippen molar-refractivity contribution in [3.63, 3.8) is 0 Å². The number of fused-ring (bicyclic) bond motifs is 1. The van der Waals surface area contributed by atoms with Crippen LogP contribution in [0.4, 0.5) is 4.39 Å². The van der Waals surface area contributed by atoms with E-state index in [9.17, 15) is 12.8 Å². The molecule has 0 fully saturated rings. The molecular weight excluding hydrogens is 372 g/mol. The van der Waals surface area contributed by atoms with E-state index in [1.807, 2.05) is 26.1 Å². The van der Waals surface area contributed by atoms with Crippen LogP contribution in [-0.2, 0) is 15.6 Å². The number of hydrogen-bond donors (Lipinski definition) is 0. The maximum absolute atomic E-state index is 14.5. The Kier molecular flexibility index (Phi) is 4.64. The number of benzene rings is 2. The molecule has 0 bridgehead atoms. The fraction of sp³-hybridized carbons (Fsp3) is 0.294. The van der Waals surface area contributed by atoms with Crippen LogP contribution in [0.1, 0.15) is 28.2 Å². The summed E-state index contributed by atoms with van der Waals surface area (Å²) < 4.78 is 37.7. The molecule has 2 aromatic rings. The van der Waals surface area contributed by atoms with Crippen molar-refractivity contribution in [2.24, 2.45) is 0 Å². The summed E-state index contributed by atoms with van der Waals surface area (Å²) in [6.07, 6.45) is 0. The lowest BCUT2D eigenvalue weighted by Crippen LogP contribution is -2.32. The van der Waals surface area contributed by atoms with Crippen molar-refractivity contribution in [3.8, 4) is 0 Å². The monoisotopic (exact) mass is 387 g/mol. The van der Waals surface area contributed by atoms with Crippen LogP contribution in [0.5, 0.6) is 0 Å². The van der Waals surface area contributed by atoms with Gasteiger partial charge in [0.05, 0.1) is 4.90 Å². The van der Waals surface area contributed by atoms with Crippen LogP contribution >= 0.6 is 22.3 Å². The van der Waals surface area contributed by atoms with Crippen molar-refractivity contribution >= 4 is 31.3 Å². The minimum atomic E-state index is -3.92. The lowest BCUT2D eigenvalue weighted by Gasteiger charge is -2.34. The average Bonchev–Trinajstić information content (AvgIpc) is 2.47. The number of halogens is 3. The SMILES string of the molecule is Cc1cc(Cl)cc2c1CN(C)CC2c1cc(S(=O)(=O)Cl)ccc1F. The molecule has 1 aliphatic heterocycles. The minimum Gasteiger partial charge on any atom is -0.301 e. The van der Waals surface area contributed by atoms with Crippen molar-refractivity contribution in [1.82, 2.24) is 4.90 Å². The second-order valence-electron chi connectivity index (χ2n) is 6.16. The molecule has 0 N–H and O–H groups in total. The number of hydrogen-bond acceptors (Lipinski definition) is 3. The van der Waals surface area contributed by atoms with Gasteiger partial charge in [-0.05, 0) is 66.6 Å². The Morgan fingerprint density at radius 2 is 1.92 bits per heavy atom. The van der Waals surface area contributed by atoms with Gasteiger partial charge in [0, 0.05) is 34.7 Å². The van der Waals surface area contributed by atoms with E-state index in [4.69, 9.17) is 22.3 Å². The quantitative estimate of drug-likeness (QED) is 0.721. The molecule has 3 nitrogen and oxygen atoms in total. The predicted octanol–water partition coefficient (Wildman–Crippen LogP) is 4.29. The number of likely N-dealkylation sites (N-methyl/N-ethyl adjacent to an activating group) is 1. The Bertz CT molecular complexity index is 915. The summed E-state index contributed by atoms with van der Waals surface area (Å²) in [4.78, 5) is 1.98. The first-order chi connectivity index (χ1) is 11.2. The van der Waals surface area contributed by atoms with Gasteiger partial charge in [0.1, 0.15) is 5.82 Å². The molecule has 0 saturated carbocycles. The van der Waals surface area contributed by atoms with Crippen molar-refractivity contribution in [3.05, 3.63) is 63.4 Å². The molecule has 0 aromatic heterocycles. The Hall–Kier alpha value is -1.14. The summed E-state index contributed by atoms with van der Waals surface area (Å²) in [6, 6.07) is 7.37. The van der Waals surface area contributed by atoms with Gasteiger partial charge in [0.25, 0.3) is 9.05 Å². The summed E-state index contributed by atoms with van der Waals surface area (Å²) in [6.45, 7) is 3.27. The molecule has 0 spiro atoms. The molecule has 1 heterocycles. The van der Waals surface area contributed by atoms with Crippen LogP contribution in [-0.4, -0.2) is 26.9 Å². The highest BCUT2D eigenvalue weighted by Gasteiger charge is 2.29. The van der Waals surface area contributed by atoms with E-state index in [-0.39, 0.29) is 10.8 Å². The van der Waals surface area contributed by atoms with E-state index in [0.29, 0.717) is 17.1 Å². The number of nitrogens with zero attached hydrogens (tertiary/aromatic N) is 1. The van der Waals surface area contributed by atoms with E-state index >= 15 is 0 Å². The lowest BCUT2D eigenvalue weighted by molar-refractivity contribution is 0.292. The van der Waals surface area contributed by atoms with Crippen LogP contribution in [0, 0.1) is 12.7 Å². The molecule has 0 amide bonds. The number of aryl methyl sites for hydroxylation is 1. The molecule has 128 valence electrons. The molecule has 0 aliphatic carbocycles. The van der Waals surface area contributed by atoms with Crippen molar-refractivity contribution in [2.45, 2.75) is 24.3 Å². The largest absolute Gasteiger partial charge is 0.301 e. The van der Waals surface area contributed by atoms with E-state index in [1.54, 1.807) is 0 Å². The van der Waals surface area contributed by atoms with Gasteiger partial charge in [-0.3, -0.25) is 0 Å². The molecule has 0 radical (unpaired) electrons. The summed E-state index contributed by atoms with van der Waals surface area (Å²) >= 11 is 6.19. The molecule has 2 aromatic carbocycles. The van der Waals surface area contributed by atoms with Gasteiger partial charge in [-0.15, -0.1) is 0 Å². The Morgan fingerprint density at radius 3 is 2.58 bits per heavy atom. The van der Waals surface area contributed by atoms with Gasteiger partial charge < -0.3 is 4.90 Å². The highest BCUT2D eigenvalue weighted by Crippen LogP contribution is 2.38. The highest BCUT2D eigenvalue weighted by molar-refractivity contribution is 8.13. The van der Waals surface area contributed by atoms with Gasteiger partial charge in [-0.2, -0.15) is 0 Å². The van der Waals surface area contributed by atoms with Crippen LogP contribution in [0.15, 0.2) is 35.2 Å². The van der Waals surface area contributed by atoms with Crippen molar-refractivity contribution < 1.29 is 12.8 Å². The molecule has 3 rings (SSSR count). The molecule has 1 unspecified atom stereocenters. The minimum absolute atomic E-state index is 0.103. The van der Waals surface area contributed by atoms with Gasteiger partial charge in [0.15, 0.2) is 0 Å². The predicted molar refractivity (Wildman–Crippen MR) is 93.8 cm³/mol. The van der Waals surface area contributed by atoms with E-state index in [0.717, 1.165) is 29.3 Å². The maximum Gasteiger partial charge on any atom is 0.261 e. The summed E-state index contributed by atoms with van der Waals surface area (Å²) in [7, 11) is 3.45. The zero-order chi connectivity index (χ0) is 17.6. The van der Waals surface area contributed by atoms with Crippen LogP contribution in [0.3, 0.4) is 0 Å². The second kappa shape index (κ2) is 6.30. The smallest absolute Gasteiger partial charge is 0.261 e. The van der Waals surface area contributed by atoms with Crippen LogP contribution in [0.2, 0.25) is 5.02 Å². The molecular formula is C17H16Cl2FNO2S. The molecule has 24 heavy (non-hydrogen) atoms. The second-order valence-corrected chi connectivity index (χ2v) is 9.16. The molecule has 1 aliphatic rings. The Morgan fingerprint density at radius 1 is 1.21 bits per heavy atom. The van der Waals surface area contributed by atoms with E-state index in [1.165, 1.54) is 12.1 Å². The molecule has 0 saturated heterocycles. The first kappa shape index (κ1) is 17.7. The zero-order valence-electron chi connectivity index (χ0n) is 13.2. The topological polar surface area (TPSA) is 37.4 Å². The maximum atomic E-state index is 14.5. The first-order valence-electron chi connectivity index (χ1n) is 7.38.